The molecule has 0 spiro atoms. The molecule has 3 rings (SSSR count). The minimum Gasteiger partial charge on any atom is -0.484 e. The van der Waals surface area contributed by atoms with E-state index < -0.39 is 0 Å². The van der Waals surface area contributed by atoms with Gasteiger partial charge in [-0.25, -0.2) is 0 Å². The largest absolute Gasteiger partial charge is 0.484 e. The van der Waals surface area contributed by atoms with Gasteiger partial charge in [0.2, 0.25) is 5.91 Å². The zero-order valence-electron chi connectivity index (χ0n) is 18.4. The standard InChI is InChI=1S/C24H32N2O5/c1-19(2)14-25(24(28)18-31-20-8-4-3-5-9-20)17-23(27)26(15-21-10-6-12-29-21)16-22-11-7-13-30-22/h3-6,8-10,12,19,22H,7,11,13-18H2,1-2H3. The molecule has 0 N–H and O–H groups in total. The lowest BCUT2D eigenvalue weighted by Crippen LogP contribution is -2.47. The number of ether oxygens (including phenoxy) is 2. The van der Waals surface area contributed by atoms with Crippen LogP contribution in [-0.4, -0.2) is 60.6 Å². The van der Waals surface area contributed by atoms with Gasteiger partial charge in [0.1, 0.15) is 11.5 Å². The molecule has 2 aromatic rings. The quantitative estimate of drug-likeness (QED) is 0.549. The van der Waals surface area contributed by atoms with E-state index in [9.17, 15) is 9.59 Å². The molecule has 1 unspecified atom stereocenters. The smallest absolute Gasteiger partial charge is 0.260 e. The number of rotatable bonds is 11. The van der Waals surface area contributed by atoms with Crippen LogP contribution in [0.3, 0.4) is 0 Å². The van der Waals surface area contributed by atoms with Crippen molar-refractivity contribution < 1.29 is 23.5 Å². The Labute approximate surface area is 183 Å². The van der Waals surface area contributed by atoms with Crippen LogP contribution in [0, 0.1) is 5.92 Å². The third kappa shape index (κ3) is 7.43. The number of hydrogen-bond acceptors (Lipinski definition) is 5. The van der Waals surface area contributed by atoms with Gasteiger partial charge in [-0.15, -0.1) is 0 Å². The van der Waals surface area contributed by atoms with Crippen LogP contribution in [0.15, 0.2) is 53.1 Å². The number of para-hydroxylation sites is 1. The highest BCUT2D eigenvalue weighted by molar-refractivity contribution is 5.85. The number of amides is 2. The minimum atomic E-state index is -0.207. The molecule has 1 aromatic heterocycles. The maximum atomic E-state index is 13.2. The first-order valence-electron chi connectivity index (χ1n) is 10.9. The molecule has 0 saturated carbocycles. The molecule has 1 aliphatic rings. The van der Waals surface area contributed by atoms with E-state index in [-0.39, 0.29) is 37.0 Å². The average Bonchev–Trinajstić information content (AvgIpc) is 3.46. The summed E-state index contributed by atoms with van der Waals surface area (Å²) in [6.07, 6.45) is 3.55. The Hall–Kier alpha value is -2.80. The SMILES string of the molecule is CC(C)CN(CC(=O)N(Cc1ccco1)CC1CCCO1)C(=O)COc1ccccc1. The van der Waals surface area contributed by atoms with E-state index in [1.165, 1.54) is 0 Å². The second kappa shape index (κ2) is 11.6. The molecule has 1 atom stereocenters. The zero-order chi connectivity index (χ0) is 22.1. The van der Waals surface area contributed by atoms with Gasteiger partial charge in [-0.05, 0) is 43.0 Å². The molecule has 0 bridgehead atoms. The predicted molar refractivity (Wildman–Crippen MR) is 116 cm³/mol. The Bertz CT molecular complexity index is 801. The van der Waals surface area contributed by atoms with Crippen LogP contribution in [0.2, 0.25) is 0 Å². The topological polar surface area (TPSA) is 72.2 Å². The van der Waals surface area contributed by atoms with Gasteiger partial charge in [0.15, 0.2) is 6.61 Å². The Kier molecular flexibility index (Phi) is 8.53. The number of furan rings is 1. The molecule has 2 heterocycles. The fourth-order valence-corrected chi connectivity index (χ4v) is 3.59. The number of carbonyl (C=O) groups excluding carboxylic acids is 2. The van der Waals surface area contributed by atoms with Crippen LogP contribution in [0.4, 0.5) is 0 Å². The highest BCUT2D eigenvalue weighted by Crippen LogP contribution is 2.16. The Morgan fingerprint density at radius 3 is 2.55 bits per heavy atom. The molecule has 31 heavy (non-hydrogen) atoms. The van der Waals surface area contributed by atoms with Gasteiger partial charge in [-0.1, -0.05) is 32.0 Å². The molecular weight excluding hydrogens is 396 g/mol. The maximum Gasteiger partial charge on any atom is 0.260 e. The maximum absolute atomic E-state index is 13.2. The van der Waals surface area contributed by atoms with Gasteiger partial charge in [-0.3, -0.25) is 9.59 Å². The van der Waals surface area contributed by atoms with Crippen molar-refractivity contribution in [1.29, 1.82) is 0 Å². The Morgan fingerprint density at radius 2 is 1.90 bits per heavy atom. The summed E-state index contributed by atoms with van der Waals surface area (Å²) in [5, 5.41) is 0. The monoisotopic (exact) mass is 428 g/mol. The van der Waals surface area contributed by atoms with Crippen LogP contribution < -0.4 is 4.74 Å². The van der Waals surface area contributed by atoms with Crippen LogP contribution in [0.5, 0.6) is 5.75 Å². The molecule has 168 valence electrons. The third-order valence-corrected chi connectivity index (χ3v) is 5.10. The summed E-state index contributed by atoms with van der Waals surface area (Å²) in [5.74, 6) is 1.23. The van der Waals surface area contributed by atoms with Gasteiger partial charge >= 0.3 is 0 Å². The van der Waals surface area contributed by atoms with E-state index >= 15 is 0 Å². The van der Waals surface area contributed by atoms with Crippen molar-refractivity contribution in [3.63, 3.8) is 0 Å². The van der Waals surface area contributed by atoms with E-state index in [4.69, 9.17) is 13.9 Å². The van der Waals surface area contributed by atoms with Crippen molar-refractivity contribution in [2.45, 2.75) is 39.3 Å². The van der Waals surface area contributed by atoms with Gasteiger partial charge in [0, 0.05) is 19.7 Å². The first-order chi connectivity index (χ1) is 15.0. The second-order valence-corrected chi connectivity index (χ2v) is 8.26. The van der Waals surface area contributed by atoms with Gasteiger partial charge in [0.25, 0.3) is 5.91 Å². The molecular formula is C24H32N2O5. The van der Waals surface area contributed by atoms with Crippen LogP contribution in [-0.2, 0) is 20.9 Å². The van der Waals surface area contributed by atoms with E-state index in [2.05, 4.69) is 0 Å². The molecule has 0 radical (unpaired) electrons. The van der Waals surface area contributed by atoms with Crippen molar-refractivity contribution in [3.8, 4) is 5.75 Å². The van der Waals surface area contributed by atoms with E-state index in [0.717, 1.165) is 19.4 Å². The zero-order valence-corrected chi connectivity index (χ0v) is 18.4. The first kappa shape index (κ1) is 22.9. The summed E-state index contributed by atoms with van der Waals surface area (Å²) in [5.41, 5.74) is 0. The van der Waals surface area contributed by atoms with Crippen molar-refractivity contribution >= 4 is 11.8 Å². The molecule has 7 heteroatoms. The Balaban J connectivity index is 1.64. The average molecular weight is 429 g/mol. The van der Waals surface area contributed by atoms with E-state index in [1.54, 1.807) is 34.3 Å². The van der Waals surface area contributed by atoms with Crippen molar-refractivity contribution in [3.05, 3.63) is 54.5 Å². The molecule has 0 aliphatic carbocycles. The first-order valence-corrected chi connectivity index (χ1v) is 10.9. The lowest BCUT2D eigenvalue weighted by molar-refractivity contribution is -0.143. The second-order valence-electron chi connectivity index (χ2n) is 8.26. The third-order valence-electron chi connectivity index (χ3n) is 5.10. The normalized spacial score (nSPS) is 15.8. The summed E-state index contributed by atoms with van der Waals surface area (Å²) in [4.78, 5) is 29.4. The minimum absolute atomic E-state index is 0.00257. The summed E-state index contributed by atoms with van der Waals surface area (Å²) < 4.78 is 16.8. The van der Waals surface area contributed by atoms with Crippen molar-refractivity contribution in [2.24, 2.45) is 5.92 Å². The lowest BCUT2D eigenvalue weighted by atomic mass is 10.2. The van der Waals surface area contributed by atoms with Crippen molar-refractivity contribution in [2.75, 3.05) is 32.8 Å². The number of nitrogens with zero attached hydrogens (tertiary/aromatic N) is 2. The summed E-state index contributed by atoms with van der Waals surface area (Å²) in [6, 6.07) is 12.9. The molecule has 1 saturated heterocycles. The number of benzene rings is 1. The van der Waals surface area contributed by atoms with E-state index in [1.807, 2.05) is 38.1 Å². The van der Waals surface area contributed by atoms with Crippen LogP contribution in [0.1, 0.15) is 32.4 Å². The molecule has 7 nitrogen and oxygen atoms in total. The number of carbonyl (C=O) groups is 2. The van der Waals surface area contributed by atoms with Crippen LogP contribution in [0.25, 0.3) is 0 Å². The fraction of sp³-hybridized carbons (Fsp3) is 0.500. The van der Waals surface area contributed by atoms with Gasteiger partial charge in [0.05, 0.1) is 25.5 Å². The molecule has 1 fully saturated rings. The highest BCUT2D eigenvalue weighted by atomic mass is 16.5. The number of hydrogen-bond donors (Lipinski definition) is 0. The van der Waals surface area contributed by atoms with Gasteiger partial charge in [-0.2, -0.15) is 0 Å². The highest BCUT2D eigenvalue weighted by Gasteiger charge is 2.26. The molecule has 2 amide bonds. The Morgan fingerprint density at radius 1 is 1.10 bits per heavy atom. The predicted octanol–water partition coefficient (Wildman–Crippen LogP) is 3.35. The van der Waals surface area contributed by atoms with Crippen LogP contribution >= 0.6 is 0 Å². The molecule has 1 aliphatic heterocycles. The fourth-order valence-electron chi connectivity index (χ4n) is 3.59. The summed E-state index contributed by atoms with van der Waals surface area (Å²) >= 11 is 0. The van der Waals surface area contributed by atoms with E-state index in [0.29, 0.717) is 31.1 Å². The van der Waals surface area contributed by atoms with Crippen molar-refractivity contribution in [1.82, 2.24) is 9.80 Å². The molecule has 1 aromatic carbocycles. The summed E-state index contributed by atoms with van der Waals surface area (Å²) in [6.45, 7) is 6.00. The van der Waals surface area contributed by atoms with Gasteiger partial charge < -0.3 is 23.7 Å². The lowest BCUT2D eigenvalue weighted by Gasteiger charge is -2.29. The summed E-state index contributed by atoms with van der Waals surface area (Å²) in [7, 11) is 0.